The number of carbonyl (C=O) groups is 2. The van der Waals surface area contributed by atoms with Crippen LogP contribution in [-0.4, -0.2) is 87.8 Å². The molecule has 0 aliphatic carbocycles. The summed E-state index contributed by atoms with van der Waals surface area (Å²) in [5.41, 5.74) is 0.109. The number of hydrogen-bond donors (Lipinski definition) is 3. The average molecular weight is 394 g/mol. The van der Waals surface area contributed by atoms with Crippen LogP contribution in [-0.2, 0) is 9.59 Å². The molecule has 148 valence electrons. The van der Waals surface area contributed by atoms with E-state index in [2.05, 4.69) is 15.2 Å². The van der Waals surface area contributed by atoms with E-state index in [9.17, 15) is 19.8 Å². The van der Waals surface area contributed by atoms with Gasteiger partial charge in [0, 0.05) is 36.2 Å². The molecule has 4 aliphatic rings. The number of aliphatic carboxylic acids is 1. The van der Waals surface area contributed by atoms with Crippen molar-refractivity contribution in [2.45, 2.75) is 43.7 Å². The highest BCUT2D eigenvalue weighted by molar-refractivity contribution is 8.03. The van der Waals surface area contributed by atoms with Crippen molar-refractivity contribution in [3.8, 4) is 0 Å². The Bertz CT molecular complexity index is 737. The van der Waals surface area contributed by atoms with Crippen LogP contribution in [0.25, 0.3) is 0 Å². The molecule has 9 heteroatoms. The lowest BCUT2D eigenvalue weighted by molar-refractivity contribution is -0.163. The largest absolute Gasteiger partial charge is 0.477 e. The molecular formula is C18H26N4O4S. The van der Waals surface area contributed by atoms with Crippen LogP contribution in [0.4, 0.5) is 0 Å². The van der Waals surface area contributed by atoms with Gasteiger partial charge in [0.1, 0.15) is 11.5 Å². The summed E-state index contributed by atoms with van der Waals surface area (Å²) < 4.78 is 0. The molecular weight excluding hydrogens is 368 g/mol. The number of nitrogens with zero attached hydrogens (tertiary/aromatic N) is 3. The fourth-order valence-corrected chi connectivity index (χ4v) is 6.25. The molecule has 3 N–H and O–H groups in total. The highest BCUT2D eigenvalue weighted by Crippen LogP contribution is 2.51. The van der Waals surface area contributed by atoms with Crippen molar-refractivity contribution in [1.29, 1.82) is 0 Å². The van der Waals surface area contributed by atoms with Crippen molar-refractivity contribution in [3.63, 3.8) is 0 Å². The Morgan fingerprint density at radius 2 is 2.19 bits per heavy atom. The standard InChI is InChI=1S/C18H26N4O4S/c1-8-13-12(9(2)23)17(24)22(13)14(18(25)26)15(8)27-10-6-11(20-7-10)16-19-4-5-21(16)3/h8-13,20,23H,4-7H2,1-3H3,(H,25,26)/t8-,9-,10+,11+,12+,13-/m1/s1. The number of aliphatic hydroxyl groups is 1. The van der Waals surface area contributed by atoms with Crippen LogP contribution in [0.2, 0.25) is 0 Å². The molecule has 6 atom stereocenters. The quantitative estimate of drug-likeness (QED) is 0.562. The van der Waals surface area contributed by atoms with Gasteiger partial charge >= 0.3 is 5.97 Å². The first-order valence-electron chi connectivity index (χ1n) is 9.45. The first-order chi connectivity index (χ1) is 12.8. The fraction of sp³-hybridized carbons (Fsp3) is 0.722. The van der Waals surface area contributed by atoms with E-state index in [4.69, 9.17) is 0 Å². The van der Waals surface area contributed by atoms with Crippen LogP contribution in [0.1, 0.15) is 20.3 Å². The summed E-state index contributed by atoms with van der Waals surface area (Å²) in [4.78, 5) is 33.2. The number of likely N-dealkylation sites (N-methyl/N-ethyl adjacent to an activating group) is 1. The van der Waals surface area contributed by atoms with E-state index in [0.717, 1.165) is 36.8 Å². The Hall–Kier alpha value is -1.58. The molecule has 27 heavy (non-hydrogen) atoms. The van der Waals surface area contributed by atoms with Crippen LogP contribution in [0.3, 0.4) is 0 Å². The van der Waals surface area contributed by atoms with E-state index < -0.39 is 18.0 Å². The van der Waals surface area contributed by atoms with E-state index in [1.54, 1.807) is 18.7 Å². The van der Waals surface area contributed by atoms with Crippen molar-refractivity contribution < 1.29 is 19.8 Å². The lowest BCUT2D eigenvalue weighted by Crippen LogP contribution is -2.63. The van der Waals surface area contributed by atoms with Gasteiger partial charge in [-0.2, -0.15) is 0 Å². The summed E-state index contributed by atoms with van der Waals surface area (Å²) in [5, 5.41) is 23.4. The van der Waals surface area contributed by atoms with Gasteiger partial charge in [0.2, 0.25) is 5.91 Å². The highest BCUT2D eigenvalue weighted by Gasteiger charge is 2.60. The summed E-state index contributed by atoms with van der Waals surface area (Å²) >= 11 is 1.57. The van der Waals surface area contributed by atoms with E-state index in [-0.39, 0.29) is 34.9 Å². The molecule has 0 aromatic carbocycles. The van der Waals surface area contributed by atoms with Gasteiger partial charge in [-0.15, -0.1) is 11.8 Å². The summed E-state index contributed by atoms with van der Waals surface area (Å²) in [6.07, 6.45) is 0.115. The number of amides is 1. The number of carboxylic acids is 1. The Balaban J connectivity index is 1.51. The Morgan fingerprint density at radius 1 is 1.44 bits per heavy atom. The van der Waals surface area contributed by atoms with Crippen molar-refractivity contribution in [3.05, 3.63) is 10.6 Å². The van der Waals surface area contributed by atoms with Crippen LogP contribution in [0, 0.1) is 11.8 Å². The summed E-state index contributed by atoms with van der Waals surface area (Å²) in [5.74, 6) is -0.851. The molecule has 0 radical (unpaired) electrons. The van der Waals surface area contributed by atoms with Gasteiger partial charge in [0.25, 0.3) is 0 Å². The van der Waals surface area contributed by atoms with Gasteiger partial charge in [-0.3, -0.25) is 9.79 Å². The zero-order valence-corrected chi connectivity index (χ0v) is 16.6. The van der Waals surface area contributed by atoms with Crippen molar-refractivity contribution in [1.82, 2.24) is 15.1 Å². The summed E-state index contributed by atoms with van der Waals surface area (Å²) in [7, 11) is 2.05. The van der Waals surface area contributed by atoms with Gasteiger partial charge in [0.05, 0.1) is 30.7 Å². The van der Waals surface area contributed by atoms with E-state index in [1.807, 2.05) is 14.0 Å². The number of fused-ring (bicyclic) bond motifs is 1. The third-order valence-corrected chi connectivity index (χ3v) is 7.62. The van der Waals surface area contributed by atoms with Gasteiger partial charge < -0.3 is 25.3 Å². The third-order valence-electron chi connectivity index (χ3n) is 6.11. The number of thioether (sulfide) groups is 1. The minimum absolute atomic E-state index is 0.0797. The number of rotatable bonds is 5. The molecule has 4 rings (SSSR count). The second-order valence-electron chi connectivity index (χ2n) is 7.87. The molecule has 2 fully saturated rings. The van der Waals surface area contributed by atoms with Gasteiger partial charge in [0.15, 0.2) is 0 Å². The second-order valence-corrected chi connectivity index (χ2v) is 9.21. The number of β-lactam (4-membered cyclic amide) rings is 1. The minimum Gasteiger partial charge on any atom is -0.477 e. The lowest BCUT2D eigenvalue weighted by atomic mass is 9.79. The lowest BCUT2D eigenvalue weighted by Gasteiger charge is -2.46. The third kappa shape index (κ3) is 2.87. The Kier molecular flexibility index (Phi) is 4.72. The predicted molar refractivity (Wildman–Crippen MR) is 102 cm³/mol. The zero-order valence-electron chi connectivity index (χ0n) is 15.8. The van der Waals surface area contributed by atoms with E-state index >= 15 is 0 Å². The maximum Gasteiger partial charge on any atom is 0.353 e. The van der Waals surface area contributed by atoms with Crippen molar-refractivity contribution in [2.24, 2.45) is 16.8 Å². The Morgan fingerprint density at radius 3 is 2.78 bits per heavy atom. The molecule has 4 heterocycles. The normalized spacial score (nSPS) is 36.8. The van der Waals surface area contributed by atoms with Gasteiger partial charge in [-0.1, -0.05) is 6.92 Å². The smallest absolute Gasteiger partial charge is 0.353 e. The molecule has 1 amide bonds. The fourth-order valence-electron chi connectivity index (χ4n) is 4.77. The summed E-state index contributed by atoms with van der Waals surface area (Å²) in [6, 6.07) is -0.0499. The first kappa shape index (κ1) is 18.8. The number of amidine groups is 1. The zero-order chi connectivity index (χ0) is 19.5. The molecule has 0 aromatic rings. The highest BCUT2D eigenvalue weighted by atomic mass is 32.2. The molecule has 0 spiro atoms. The molecule has 0 unspecified atom stereocenters. The maximum atomic E-state index is 12.4. The number of hydrogen-bond acceptors (Lipinski definition) is 7. The number of carboxylic acid groups (broad SMARTS) is 1. The predicted octanol–water partition coefficient (Wildman–Crippen LogP) is -0.0523. The molecule has 2 saturated heterocycles. The number of carbonyl (C=O) groups excluding carboxylic acids is 1. The molecule has 0 aromatic heterocycles. The number of aliphatic hydroxyl groups excluding tert-OH is 1. The average Bonchev–Trinajstić information content (AvgIpc) is 3.27. The van der Waals surface area contributed by atoms with Crippen LogP contribution < -0.4 is 5.32 Å². The molecule has 8 nitrogen and oxygen atoms in total. The first-order valence-corrected chi connectivity index (χ1v) is 10.3. The summed E-state index contributed by atoms with van der Waals surface area (Å²) in [6.45, 7) is 6.11. The van der Waals surface area contributed by atoms with Crippen molar-refractivity contribution >= 4 is 29.5 Å². The topological polar surface area (TPSA) is 105 Å². The van der Waals surface area contributed by atoms with Crippen molar-refractivity contribution in [2.75, 3.05) is 26.7 Å². The Labute approximate surface area is 162 Å². The van der Waals surface area contributed by atoms with Gasteiger partial charge in [-0.25, -0.2) is 4.79 Å². The number of nitrogens with one attached hydrogen (secondary N) is 1. The molecule has 0 saturated carbocycles. The monoisotopic (exact) mass is 394 g/mol. The SMILES string of the molecule is C[C@@H](O)[C@@H]1C(=O)N2C(C(=O)O)=C(S[C@@H]3CN[C@H](C4=NCCN4C)C3)[C@H](C)[C@H]12. The molecule has 0 bridgehead atoms. The second kappa shape index (κ2) is 6.79. The maximum absolute atomic E-state index is 12.4. The molecule has 4 aliphatic heterocycles. The van der Waals surface area contributed by atoms with Crippen LogP contribution in [0.15, 0.2) is 15.6 Å². The minimum atomic E-state index is -1.06. The van der Waals surface area contributed by atoms with E-state index in [0.29, 0.717) is 0 Å². The van der Waals surface area contributed by atoms with E-state index in [1.165, 1.54) is 4.90 Å². The number of aliphatic imine (C=N–C) groups is 1. The van der Waals surface area contributed by atoms with Crippen LogP contribution in [0.5, 0.6) is 0 Å². The van der Waals surface area contributed by atoms with Gasteiger partial charge in [-0.05, 0) is 13.3 Å². The van der Waals surface area contributed by atoms with Crippen LogP contribution >= 0.6 is 11.8 Å².